The van der Waals surface area contributed by atoms with Gasteiger partial charge in [0.25, 0.3) is 47.0 Å². The van der Waals surface area contributed by atoms with E-state index >= 15 is 0 Å². The van der Waals surface area contributed by atoms with E-state index < -0.39 is 0 Å². The highest BCUT2D eigenvalue weighted by atomic mass is 32.1. The molecule has 0 bridgehead atoms. The average Bonchev–Trinajstić information content (AvgIpc) is 1.28. The molecular weight excluding hydrogens is 1820 g/mol. The molecule has 0 saturated carbocycles. The van der Waals surface area contributed by atoms with Crippen LogP contribution in [0.25, 0.3) is 22.3 Å². The predicted octanol–water partition coefficient (Wildman–Crippen LogP) is 25.5. The van der Waals surface area contributed by atoms with E-state index in [-0.39, 0.29) is 70.2 Å². The number of piperazine rings is 1. The number of furan rings is 1. The second kappa shape index (κ2) is 51.6. The van der Waals surface area contributed by atoms with Crippen LogP contribution in [-0.2, 0) is 36.9 Å². The Labute approximate surface area is 831 Å². The first-order valence-electron chi connectivity index (χ1n) is 46.1. The summed E-state index contributed by atoms with van der Waals surface area (Å²) in [7, 11) is 0. The van der Waals surface area contributed by atoms with Gasteiger partial charge in [-0.1, -0.05) is 231 Å². The Hall–Kier alpha value is -17.6. The number of rotatable bonds is 30. The van der Waals surface area contributed by atoms with E-state index in [1.807, 2.05) is 224 Å². The third-order valence-corrected chi connectivity index (χ3v) is 24.4. The lowest BCUT2D eigenvalue weighted by atomic mass is 9.99. The summed E-state index contributed by atoms with van der Waals surface area (Å²) >= 11 is 2.75. The summed E-state index contributed by atoms with van der Waals surface area (Å²) in [4.78, 5) is 115. The Morgan fingerprint density at radius 1 is 0.394 bits per heavy atom. The number of carbonyl (C=O) groups excluding carboxylic acids is 8. The highest BCUT2D eigenvalue weighted by molar-refractivity contribution is 7.12. The zero-order chi connectivity index (χ0) is 99.2. The van der Waals surface area contributed by atoms with Gasteiger partial charge in [-0.15, -0.1) is 22.7 Å². The van der Waals surface area contributed by atoms with Gasteiger partial charge in [0.2, 0.25) is 0 Å². The van der Waals surface area contributed by atoms with Crippen molar-refractivity contribution in [1.29, 1.82) is 0 Å². The fourth-order valence-electron chi connectivity index (χ4n) is 15.1. The number of thiophene rings is 2. The summed E-state index contributed by atoms with van der Waals surface area (Å²) in [6, 6.07) is 121. The fraction of sp³-hybridized carbons (Fsp3) is 0.111. The van der Waals surface area contributed by atoms with Crippen molar-refractivity contribution < 1.29 is 56.8 Å². The number of nitro benzene ring substituents is 1. The van der Waals surface area contributed by atoms with Crippen LogP contribution in [0.1, 0.15) is 112 Å². The maximum absolute atomic E-state index is 12.9. The minimum Gasteiger partial charge on any atom is -0.484 e. The maximum Gasteiger partial charge on any atom is 0.292 e. The molecule has 1 fully saturated rings. The lowest BCUT2D eigenvalue weighted by molar-refractivity contribution is -0.383. The van der Waals surface area contributed by atoms with Crippen molar-refractivity contribution >= 4 is 121 Å². The standard InChI is InChI=1S/C27H22N2O2.C24H18N2O2S.C23H24N4O4.C22H19FO.C21H20N2O3S/c1-19-6-5-9-23(18-19)27(31)29-25-16-14-24(15-17-25)28-26(30)22-12-10-21(11-13-22)20-7-3-2-4-8-20;27-23(19-13-11-18(12-14-19)17-6-2-1-3-7-17)25-20-8-4-9-21(16-20)26-24(28)22-10-5-15-29-22;28-23(22-7-4-16-31-22)26-14-12-25(13-15-26)19-8-9-21(27(29)30)20(17-19)24-11-10-18-5-2-1-3-6-18;23-21-14-12-20(13-15-21)22(24)16-19-10-8-18(9-11-19)7-6-17-4-2-1-3-5-17;1-2-15-8-10-18(11-9-15)26-14-20(24)22-16-5-3-6-17(13-16)23-21(25)19-7-4-12-27-19/h2-18H,1H3,(H,28,30)(H,29,31);1-16H,(H,25,27)(H,26,28);1-9,16-17,24H,10-15H2;1-5,8-15H,6-7,16H2;3-13H,2,14H2,1H3,(H,22,24)(H,23,25). The van der Waals surface area contributed by atoms with Crippen LogP contribution in [0, 0.1) is 22.9 Å². The van der Waals surface area contributed by atoms with Crippen molar-refractivity contribution in [3.8, 4) is 28.0 Å². The van der Waals surface area contributed by atoms with Crippen molar-refractivity contribution in [1.82, 2.24) is 4.90 Å². The van der Waals surface area contributed by atoms with Crippen LogP contribution in [0.4, 0.5) is 55.6 Å². The molecule has 3 aromatic heterocycles. The molecule has 1 aliphatic rings. The van der Waals surface area contributed by atoms with Gasteiger partial charge in [0.1, 0.15) is 17.3 Å². The zero-order valence-electron chi connectivity index (χ0n) is 78.0. The number of hydrogen-bond donors (Lipinski definition) is 7. The number of anilines is 8. The Morgan fingerprint density at radius 3 is 1.33 bits per heavy atom. The van der Waals surface area contributed by atoms with E-state index in [9.17, 15) is 52.9 Å². The highest BCUT2D eigenvalue weighted by Gasteiger charge is 2.26. The normalized spacial score (nSPS) is 11.1. The third-order valence-electron chi connectivity index (χ3n) is 22.7. The first-order chi connectivity index (χ1) is 69.2. The number of nitrogens with zero attached hydrogens (tertiary/aromatic N) is 3. The molecule has 18 rings (SSSR count). The van der Waals surface area contributed by atoms with Crippen molar-refractivity contribution in [3.05, 3.63) is 498 Å². The summed E-state index contributed by atoms with van der Waals surface area (Å²) in [6.45, 7) is 6.96. The monoisotopic (exact) mass is 1920 g/mol. The summed E-state index contributed by atoms with van der Waals surface area (Å²) in [5.41, 5.74) is 18.9. The van der Waals surface area contributed by atoms with Gasteiger partial charge < -0.3 is 56.2 Å². The topological polar surface area (TPSA) is 293 Å². The van der Waals surface area contributed by atoms with Gasteiger partial charge in [-0.3, -0.25) is 48.5 Å². The minimum atomic E-state index is -0.366. The van der Waals surface area contributed by atoms with Crippen molar-refractivity contribution in [2.75, 3.05) is 81.4 Å². The van der Waals surface area contributed by atoms with Crippen molar-refractivity contribution in [3.63, 3.8) is 0 Å². The molecule has 0 radical (unpaired) electrons. The van der Waals surface area contributed by atoms with E-state index in [4.69, 9.17) is 9.15 Å². The summed E-state index contributed by atoms with van der Waals surface area (Å²) < 4.78 is 23.6. The van der Waals surface area contributed by atoms with Crippen molar-refractivity contribution in [2.24, 2.45) is 0 Å². The molecule has 1 aliphatic heterocycles. The Morgan fingerprint density at radius 2 is 0.845 bits per heavy atom. The summed E-state index contributed by atoms with van der Waals surface area (Å²) in [5.74, 6) is -0.601. The molecule has 4 heterocycles. The number of halogens is 1. The predicted molar refractivity (Wildman–Crippen MR) is 566 cm³/mol. The molecule has 17 aromatic rings. The van der Waals surface area contributed by atoms with Crippen molar-refractivity contribution in [2.45, 2.75) is 46.0 Å². The third kappa shape index (κ3) is 30.7. The Balaban J connectivity index is 0.000000141. The number of hydrogen-bond acceptors (Lipinski definition) is 16. The summed E-state index contributed by atoms with van der Waals surface area (Å²) in [6.07, 6.45) is 5.55. The Bertz CT molecular complexity index is 7010. The molecule has 0 aliphatic carbocycles. The molecule has 25 heteroatoms. The number of benzene rings is 14. The number of Topliss-reactive ketones (excluding diaryl/α,β-unsaturated/α-hetero) is 1. The molecule has 712 valence electrons. The van der Waals surface area contributed by atoms with Gasteiger partial charge >= 0.3 is 0 Å². The SMILES string of the molecule is CCc1ccc(OCC(=O)Nc2cccc(NC(=O)c3cccs3)c2)cc1.Cc1cccc(C(=O)Nc2ccc(NC(=O)c3ccc(-c4ccccc4)cc3)cc2)c1.O=C(Cc1ccc(CCc2ccccc2)cc1)c1ccc(F)cc1.O=C(Nc1cccc(NC(=O)c2cccs2)c1)c1ccc(-c2ccccc2)cc1.O=C(c1ccco1)N1CCN(c2ccc([N+](=O)[O-])c(NCCc3ccccc3)c2)CC1. The van der Waals surface area contributed by atoms with Crippen LogP contribution in [-0.4, -0.2) is 96.3 Å². The molecule has 0 spiro atoms. The van der Waals surface area contributed by atoms with Crippen LogP contribution >= 0.6 is 22.7 Å². The number of nitrogens with one attached hydrogen (secondary N) is 7. The average molecular weight is 1920 g/mol. The summed E-state index contributed by atoms with van der Waals surface area (Å²) in [5, 5.41) is 35.5. The second-order valence-electron chi connectivity index (χ2n) is 32.8. The maximum atomic E-state index is 12.9. The highest BCUT2D eigenvalue weighted by Crippen LogP contribution is 2.32. The lowest BCUT2D eigenvalue weighted by Gasteiger charge is -2.35. The molecular formula is C117H103FN10O12S2. The van der Waals surface area contributed by atoms with Gasteiger partial charge in [-0.25, -0.2) is 4.39 Å². The number of ketones is 1. The van der Waals surface area contributed by atoms with Gasteiger partial charge in [0, 0.05) is 107 Å². The van der Waals surface area contributed by atoms with Gasteiger partial charge in [0.05, 0.1) is 20.9 Å². The van der Waals surface area contributed by atoms with Crippen LogP contribution < -0.4 is 46.9 Å². The molecule has 14 aromatic carbocycles. The first kappa shape index (κ1) is 100. The number of ether oxygens (including phenoxy) is 1. The molecule has 7 N–H and O–H groups in total. The second-order valence-corrected chi connectivity index (χ2v) is 34.7. The van der Waals surface area contributed by atoms with Gasteiger partial charge in [-0.2, -0.15) is 0 Å². The largest absolute Gasteiger partial charge is 0.484 e. The minimum absolute atomic E-state index is 0.00651. The zero-order valence-corrected chi connectivity index (χ0v) is 79.6. The van der Waals surface area contributed by atoms with E-state index in [2.05, 4.69) is 85.4 Å². The number of aryl methyl sites for hydroxylation is 4. The molecule has 0 atom stereocenters. The van der Waals surface area contributed by atoms with E-state index in [0.717, 1.165) is 64.8 Å². The van der Waals surface area contributed by atoms with E-state index in [0.29, 0.717) is 122 Å². The Kier molecular flexibility index (Phi) is 36.5. The molecule has 22 nitrogen and oxygen atoms in total. The van der Waals surface area contributed by atoms with Gasteiger partial charge in [-0.05, 0) is 263 Å². The molecule has 7 amide bonds. The van der Waals surface area contributed by atoms with Crippen LogP contribution in [0.15, 0.2) is 416 Å². The number of nitro groups is 1. The van der Waals surface area contributed by atoms with E-state index in [1.54, 1.807) is 132 Å². The van der Waals surface area contributed by atoms with Crippen LogP contribution in [0.2, 0.25) is 0 Å². The molecule has 142 heavy (non-hydrogen) atoms. The number of carbonyl (C=O) groups is 8. The van der Waals surface area contributed by atoms with E-state index in [1.165, 1.54) is 75.5 Å². The fourth-order valence-corrected chi connectivity index (χ4v) is 16.3. The molecule has 0 unspecified atom stereocenters. The number of amides is 7. The quantitative estimate of drug-likeness (QED) is 0.0125. The van der Waals surface area contributed by atoms with Gasteiger partial charge in [0.15, 0.2) is 18.2 Å². The first-order valence-corrected chi connectivity index (χ1v) is 47.9. The van der Waals surface area contributed by atoms with Crippen LogP contribution in [0.5, 0.6) is 5.75 Å². The van der Waals surface area contributed by atoms with Crippen LogP contribution in [0.3, 0.4) is 0 Å². The smallest absolute Gasteiger partial charge is 0.292 e. The lowest BCUT2D eigenvalue weighted by Crippen LogP contribution is -2.48. The molecule has 1 saturated heterocycles.